The van der Waals surface area contributed by atoms with E-state index in [4.69, 9.17) is 9.47 Å². The monoisotopic (exact) mass is 464 g/mol. The first-order valence-corrected chi connectivity index (χ1v) is 11.7. The third kappa shape index (κ3) is 4.03. The largest absolute Gasteiger partial charge is 0.479 e. The first-order chi connectivity index (χ1) is 16.4. The SMILES string of the molecule is CC(NC(=O)OCC1c2ccccc2-c2ccccc21)(C(=O)N1CCOC(C(=O)O)C1)C1CC1. The number of nitrogens with one attached hydrogen (secondary N) is 1. The van der Waals surface area contributed by atoms with Gasteiger partial charge in [-0.15, -0.1) is 0 Å². The third-order valence-electron chi connectivity index (χ3n) is 7.17. The van der Waals surface area contributed by atoms with Gasteiger partial charge in [0.1, 0.15) is 12.1 Å². The molecular weight excluding hydrogens is 436 g/mol. The summed E-state index contributed by atoms with van der Waals surface area (Å²) in [6, 6.07) is 16.2. The van der Waals surface area contributed by atoms with Gasteiger partial charge in [-0.2, -0.15) is 0 Å². The third-order valence-corrected chi connectivity index (χ3v) is 7.17. The van der Waals surface area contributed by atoms with Gasteiger partial charge in [0, 0.05) is 12.5 Å². The first kappa shape index (κ1) is 22.4. The Kier molecular flexibility index (Phi) is 5.77. The molecule has 2 atom stereocenters. The summed E-state index contributed by atoms with van der Waals surface area (Å²) in [4.78, 5) is 39.1. The standard InChI is InChI=1S/C26H28N2O6/c1-26(16-10-11-16,24(31)28-12-13-33-22(14-28)23(29)30)27-25(32)34-15-21-19-8-4-2-6-17(19)18-7-3-5-9-20(18)21/h2-9,16,21-22H,10-15H2,1H3,(H,27,32)(H,29,30). The highest BCUT2D eigenvalue weighted by atomic mass is 16.5. The van der Waals surface area contributed by atoms with E-state index in [0.29, 0.717) is 0 Å². The van der Waals surface area contributed by atoms with Crippen LogP contribution >= 0.6 is 0 Å². The molecule has 2 N–H and O–H groups in total. The highest BCUT2D eigenvalue weighted by molar-refractivity contribution is 5.91. The molecule has 2 aromatic rings. The predicted molar refractivity (Wildman–Crippen MR) is 123 cm³/mol. The van der Waals surface area contributed by atoms with Gasteiger partial charge in [-0.1, -0.05) is 48.5 Å². The Morgan fingerprint density at radius 1 is 1.09 bits per heavy atom. The fourth-order valence-electron chi connectivity index (χ4n) is 5.15. The van der Waals surface area contributed by atoms with Gasteiger partial charge in [-0.05, 0) is 47.9 Å². The number of ether oxygens (including phenoxy) is 2. The van der Waals surface area contributed by atoms with Crippen molar-refractivity contribution < 1.29 is 29.0 Å². The maximum Gasteiger partial charge on any atom is 0.408 e. The van der Waals surface area contributed by atoms with Crippen LogP contribution < -0.4 is 5.32 Å². The minimum absolute atomic E-state index is 0.00777. The predicted octanol–water partition coefficient (Wildman–Crippen LogP) is 3.01. The zero-order chi connectivity index (χ0) is 23.9. The molecule has 1 heterocycles. The average Bonchev–Trinajstić information content (AvgIpc) is 3.66. The van der Waals surface area contributed by atoms with Crippen molar-refractivity contribution in [2.24, 2.45) is 5.92 Å². The van der Waals surface area contributed by atoms with Crippen LogP contribution in [0.2, 0.25) is 0 Å². The molecule has 1 saturated heterocycles. The number of rotatable bonds is 6. The topological polar surface area (TPSA) is 105 Å². The second kappa shape index (κ2) is 8.76. The summed E-state index contributed by atoms with van der Waals surface area (Å²) in [6.45, 7) is 2.27. The molecule has 1 saturated carbocycles. The minimum Gasteiger partial charge on any atom is -0.479 e. The Morgan fingerprint density at radius 3 is 2.29 bits per heavy atom. The first-order valence-electron chi connectivity index (χ1n) is 11.7. The summed E-state index contributed by atoms with van der Waals surface area (Å²) in [5.41, 5.74) is 3.37. The molecule has 2 aliphatic carbocycles. The summed E-state index contributed by atoms with van der Waals surface area (Å²) in [7, 11) is 0. The van der Waals surface area contributed by atoms with Gasteiger partial charge in [0.15, 0.2) is 6.10 Å². The molecule has 34 heavy (non-hydrogen) atoms. The Bertz CT molecular complexity index is 1080. The molecule has 2 unspecified atom stereocenters. The lowest BCUT2D eigenvalue weighted by molar-refractivity contribution is -0.161. The van der Waals surface area contributed by atoms with Crippen LogP contribution in [0.4, 0.5) is 4.79 Å². The number of alkyl carbamates (subject to hydrolysis) is 1. The van der Waals surface area contributed by atoms with Crippen LogP contribution in [0.1, 0.15) is 36.8 Å². The van der Waals surface area contributed by atoms with Crippen molar-refractivity contribution >= 4 is 18.0 Å². The molecule has 5 rings (SSSR count). The number of hydrogen-bond acceptors (Lipinski definition) is 5. The van der Waals surface area contributed by atoms with E-state index in [-0.39, 0.29) is 44.0 Å². The van der Waals surface area contributed by atoms with Crippen molar-refractivity contribution in [2.45, 2.75) is 37.3 Å². The average molecular weight is 465 g/mol. The van der Waals surface area contributed by atoms with Crippen molar-refractivity contribution in [2.75, 3.05) is 26.3 Å². The number of aliphatic carboxylic acids is 1. The lowest BCUT2D eigenvalue weighted by atomic mass is 9.93. The van der Waals surface area contributed by atoms with Crippen LogP contribution in [0.3, 0.4) is 0 Å². The van der Waals surface area contributed by atoms with Crippen LogP contribution in [-0.4, -0.2) is 65.9 Å². The molecule has 1 aliphatic heterocycles. The van der Waals surface area contributed by atoms with Crippen molar-refractivity contribution in [1.82, 2.24) is 10.2 Å². The van der Waals surface area contributed by atoms with Crippen LogP contribution in [0.25, 0.3) is 11.1 Å². The van der Waals surface area contributed by atoms with Crippen molar-refractivity contribution in [1.29, 1.82) is 0 Å². The van der Waals surface area contributed by atoms with Gasteiger partial charge in [0.25, 0.3) is 0 Å². The second-order valence-corrected chi connectivity index (χ2v) is 9.38. The number of hydrogen-bond donors (Lipinski definition) is 2. The van der Waals surface area contributed by atoms with E-state index < -0.39 is 23.7 Å². The molecule has 0 aromatic heterocycles. The highest BCUT2D eigenvalue weighted by Gasteiger charge is 2.51. The molecule has 2 amide bonds. The number of carbonyl (C=O) groups is 3. The molecule has 2 fully saturated rings. The fraction of sp³-hybridized carbons (Fsp3) is 0.423. The number of amides is 2. The van der Waals surface area contributed by atoms with Crippen LogP contribution in [-0.2, 0) is 19.1 Å². The number of nitrogens with zero attached hydrogens (tertiary/aromatic N) is 1. The number of morpholine rings is 1. The number of carboxylic acids is 1. The van der Waals surface area contributed by atoms with E-state index in [1.165, 1.54) is 4.90 Å². The fourth-order valence-corrected chi connectivity index (χ4v) is 5.15. The zero-order valence-electron chi connectivity index (χ0n) is 19.0. The molecular formula is C26H28N2O6. The highest BCUT2D eigenvalue weighted by Crippen LogP contribution is 2.45. The molecule has 3 aliphatic rings. The van der Waals surface area contributed by atoms with Gasteiger partial charge in [0.05, 0.1) is 13.2 Å². The van der Waals surface area contributed by atoms with Crippen LogP contribution in [0, 0.1) is 5.92 Å². The quantitative estimate of drug-likeness (QED) is 0.681. The molecule has 0 spiro atoms. The number of carbonyl (C=O) groups excluding carboxylic acids is 2. The number of benzene rings is 2. The summed E-state index contributed by atoms with van der Waals surface area (Å²) in [5, 5.41) is 12.1. The lowest BCUT2D eigenvalue weighted by Crippen LogP contribution is -2.62. The molecule has 0 radical (unpaired) electrons. The van der Waals surface area contributed by atoms with Gasteiger partial charge >= 0.3 is 12.1 Å². The minimum atomic E-state index is -1.15. The Morgan fingerprint density at radius 2 is 1.71 bits per heavy atom. The summed E-state index contributed by atoms with van der Waals surface area (Å²) in [5.74, 6) is -1.48. The zero-order valence-corrected chi connectivity index (χ0v) is 19.0. The van der Waals surface area contributed by atoms with Gasteiger partial charge in [0.2, 0.25) is 5.91 Å². The maximum atomic E-state index is 13.4. The smallest absolute Gasteiger partial charge is 0.408 e. The van der Waals surface area contributed by atoms with Gasteiger partial charge in [-0.25, -0.2) is 9.59 Å². The molecule has 8 heteroatoms. The van der Waals surface area contributed by atoms with E-state index in [1.54, 1.807) is 6.92 Å². The summed E-state index contributed by atoms with van der Waals surface area (Å²) < 4.78 is 10.9. The maximum absolute atomic E-state index is 13.4. The van der Waals surface area contributed by atoms with Crippen LogP contribution in [0.5, 0.6) is 0 Å². The van der Waals surface area contributed by atoms with E-state index in [2.05, 4.69) is 29.6 Å². The van der Waals surface area contributed by atoms with E-state index >= 15 is 0 Å². The Labute approximate surface area is 197 Å². The number of carboxylic acid groups (broad SMARTS) is 1. The Balaban J connectivity index is 1.28. The van der Waals surface area contributed by atoms with Crippen molar-refractivity contribution in [3.63, 3.8) is 0 Å². The molecule has 0 bridgehead atoms. The van der Waals surface area contributed by atoms with Crippen molar-refractivity contribution in [3.8, 4) is 11.1 Å². The lowest BCUT2D eigenvalue weighted by Gasteiger charge is -2.38. The molecule has 178 valence electrons. The van der Waals surface area contributed by atoms with E-state index in [0.717, 1.165) is 35.1 Å². The normalized spacial score (nSPS) is 21.2. The molecule has 8 nitrogen and oxygen atoms in total. The van der Waals surface area contributed by atoms with Gasteiger partial charge in [-0.3, -0.25) is 4.79 Å². The number of fused-ring (bicyclic) bond motifs is 3. The Hall–Kier alpha value is -3.39. The van der Waals surface area contributed by atoms with Gasteiger partial charge < -0.3 is 24.8 Å². The molecule has 2 aromatic carbocycles. The van der Waals surface area contributed by atoms with E-state index in [1.807, 2.05) is 24.3 Å². The summed E-state index contributed by atoms with van der Waals surface area (Å²) in [6.07, 6.45) is -0.0692. The van der Waals surface area contributed by atoms with E-state index in [9.17, 15) is 19.5 Å². The van der Waals surface area contributed by atoms with Crippen LogP contribution in [0.15, 0.2) is 48.5 Å². The second-order valence-electron chi connectivity index (χ2n) is 9.38. The van der Waals surface area contributed by atoms with Crippen molar-refractivity contribution in [3.05, 3.63) is 59.7 Å². The summed E-state index contributed by atoms with van der Waals surface area (Å²) >= 11 is 0.